The van der Waals surface area contributed by atoms with E-state index in [1.807, 2.05) is 0 Å². The molecule has 0 aliphatic rings. The van der Waals surface area contributed by atoms with E-state index in [4.69, 9.17) is 0 Å². The summed E-state index contributed by atoms with van der Waals surface area (Å²) in [5, 5.41) is 0. The molecule has 5 nitrogen and oxygen atoms in total. The second-order valence-electron chi connectivity index (χ2n) is 2.31. The minimum absolute atomic E-state index is 0.112. The van der Waals surface area contributed by atoms with E-state index >= 15 is 0 Å². The lowest BCUT2D eigenvalue weighted by Gasteiger charge is -2.07. The van der Waals surface area contributed by atoms with Gasteiger partial charge in [0.15, 0.2) is 0 Å². The van der Waals surface area contributed by atoms with Crippen molar-refractivity contribution >= 4 is 17.2 Å². The highest BCUT2D eigenvalue weighted by Crippen LogP contribution is 2.03. The Labute approximate surface area is 72.7 Å². The van der Waals surface area contributed by atoms with Gasteiger partial charge in [-0.2, -0.15) is 0 Å². The lowest BCUT2D eigenvalue weighted by Crippen LogP contribution is -2.07. The number of nitrogens with zero attached hydrogens (tertiary/aromatic N) is 2. The van der Waals surface area contributed by atoms with Crippen molar-refractivity contribution in [2.24, 2.45) is 0 Å². The minimum Gasteiger partial charge on any atom is -0.755 e. The van der Waals surface area contributed by atoms with Crippen LogP contribution in [0, 0.1) is 13.8 Å². The second kappa shape index (κ2) is 3.59. The van der Waals surface area contributed by atoms with E-state index in [0.29, 0.717) is 0 Å². The van der Waals surface area contributed by atoms with Crippen molar-refractivity contribution < 1.29 is 8.76 Å². The molecule has 1 atom stereocenters. The molecule has 0 radical (unpaired) electrons. The first-order valence-electron chi connectivity index (χ1n) is 3.26. The SMILES string of the molecule is Cc1cc(C)nc(NS(=O)[O-])n1. The normalized spacial score (nSPS) is 12.6. The average Bonchev–Trinajstić information content (AvgIpc) is 1.81. The fourth-order valence-corrected chi connectivity index (χ4v) is 1.09. The molecule has 1 heterocycles. The molecular weight excluding hydrogens is 178 g/mol. The van der Waals surface area contributed by atoms with E-state index in [9.17, 15) is 8.76 Å². The van der Waals surface area contributed by atoms with Gasteiger partial charge in [0.25, 0.3) is 0 Å². The third-order valence-corrected chi connectivity index (χ3v) is 1.51. The molecule has 0 aliphatic heterocycles. The summed E-state index contributed by atoms with van der Waals surface area (Å²) in [5.41, 5.74) is 1.46. The predicted molar refractivity (Wildman–Crippen MR) is 44.0 cm³/mol. The van der Waals surface area contributed by atoms with Crippen molar-refractivity contribution in [3.63, 3.8) is 0 Å². The summed E-state index contributed by atoms with van der Waals surface area (Å²) >= 11 is -2.36. The summed E-state index contributed by atoms with van der Waals surface area (Å²) < 4.78 is 22.5. The Bertz CT molecular complexity index is 295. The Morgan fingerprint density at radius 3 is 2.33 bits per heavy atom. The Morgan fingerprint density at radius 1 is 1.42 bits per heavy atom. The Morgan fingerprint density at radius 2 is 1.92 bits per heavy atom. The first kappa shape index (κ1) is 9.08. The van der Waals surface area contributed by atoms with Gasteiger partial charge in [0.05, 0.1) is 0 Å². The highest BCUT2D eigenvalue weighted by Gasteiger charge is 1.97. The summed E-state index contributed by atoms with van der Waals surface area (Å²) in [5.74, 6) is 0.112. The van der Waals surface area contributed by atoms with Crippen LogP contribution in [-0.2, 0) is 11.3 Å². The third-order valence-electron chi connectivity index (χ3n) is 1.16. The molecule has 6 heteroatoms. The maximum Gasteiger partial charge on any atom is 0.234 e. The van der Waals surface area contributed by atoms with Gasteiger partial charge >= 0.3 is 0 Å². The van der Waals surface area contributed by atoms with Crippen LogP contribution >= 0.6 is 0 Å². The van der Waals surface area contributed by atoms with Crippen molar-refractivity contribution in [2.45, 2.75) is 13.8 Å². The van der Waals surface area contributed by atoms with Crippen LogP contribution in [-0.4, -0.2) is 18.7 Å². The zero-order valence-electron chi connectivity index (χ0n) is 6.70. The fraction of sp³-hybridized carbons (Fsp3) is 0.333. The van der Waals surface area contributed by atoms with Crippen LogP contribution < -0.4 is 4.72 Å². The van der Waals surface area contributed by atoms with Crippen LogP contribution in [0.2, 0.25) is 0 Å². The average molecular weight is 186 g/mol. The largest absolute Gasteiger partial charge is 0.755 e. The number of hydrogen-bond acceptors (Lipinski definition) is 4. The molecule has 0 aliphatic carbocycles. The van der Waals surface area contributed by atoms with E-state index in [0.717, 1.165) is 11.4 Å². The highest BCUT2D eigenvalue weighted by atomic mass is 32.2. The maximum absolute atomic E-state index is 10.2. The topological polar surface area (TPSA) is 77.9 Å². The van der Waals surface area contributed by atoms with Gasteiger partial charge in [0, 0.05) is 22.7 Å². The molecule has 0 saturated heterocycles. The fourth-order valence-electron chi connectivity index (χ4n) is 0.846. The lowest BCUT2D eigenvalue weighted by atomic mass is 10.4. The second-order valence-corrected chi connectivity index (χ2v) is 2.98. The van der Waals surface area contributed by atoms with Crippen LogP contribution in [0.25, 0.3) is 0 Å². The van der Waals surface area contributed by atoms with Gasteiger partial charge in [-0.15, -0.1) is 0 Å². The molecule has 1 unspecified atom stereocenters. The Balaban J connectivity index is 2.93. The Kier molecular flexibility index (Phi) is 2.72. The molecule has 66 valence electrons. The van der Waals surface area contributed by atoms with E-state index in [1.165, 1.54) is 0 Å². The summed E-state index contributed by atoms with van der Waals surface area (Å²) in [7, 11) is 0. The number of nitrogens with one attached hydrogen (secondary N) is 1. The van der Waals surface area contributed by atoms with Crippen LogP contribution in [0.5, 0.6) is 0 Å². The van der Waals surface area contributed by atoms with E-state index in [2.05, 4.69) is 14.7 Å². The van der Waals surface area contributed by atoms with Gasteiger partial charge in [-0.3, -0.25) is 8.93 Å². The van der Waals surface area contributed by atoms with Gasteiger partial charge < -0.3 is 4.55 Å². The third kappa shape index (κ3) is 2.55. The summed E-state index contributed by atoms with van der Waals surface area (Å²) in [6, 6.07) is 1.76. The summed E-state index contributed by atoms with van der Waals surface area (Å²) in [6.45, 7) is 3.54. The highest BCUT2D eigenvalue weighted by molar-refractivity contribution is 7.80. The number of aryl methyl sites for hydroxylation is 2. The van der Waals surface area contributed by atoms with E-state index in [-0.39, 0.29) is 5.95 Å². The Hall–Kier alpha value is -1.01. The molecule has 1 rings (SSSR count). The molecule has 0 bridgehead atoms. The minimum atomic E-state index is -2.36. The molecule has 0 saturated carbocycles. The van der Waals surface area contributed by atoms with Crippen LogP contribution in [0.4, 0.5) is 5.95 Å². The molecule has 0 aromatic carbocycles. The molecule has 0 spiro atoms. The van der Waals surface area contributed by atoms with Gasteiger partial charge in [-0.1, -0.05) is 0 Å². The molecule has 0 amide bonds. The molecule has 1 N–H and O–H groups in total. The molecule has 1 aromatic heterocycles. The predicted octanol–water partition coefficient (Wildman–Crippen LogP) is 0.299. The molecular formula is C6H8N3O2S-. The number of anilines is 1. The van der Waals surface area contributed by atoms with Gasteiger partial charge in [0.2, 0.25) is 5.95 Å². The summed E-state index contributed by atoms with van der Waals surface area (Å²) in [4.78, 5) is 7.72. The van der Waals surface area contributed by atoms with Crippen molar-refractivity contribution in [1.82, 2.24) is 9.97 Å². The lowest BCUT2D eigenvalue weighted by molar-refractivity contribution is 0.542. The van der Waals surface area contributed by atoms with Crippen molar-refractivity contribution in [1.29, 1.82) is 0 Å². The van der Waals surface area contributed by atoms with Gasteiger partial charge in [-0.05, 0) is 19.9 Å². The van der Waals surface area contributed by atoms with Crippen LogP contribution in [0.3, 0.4) is 0 Å². The number of aromatic nitrogens is 2. The van der Waals surface area contributed by atoms with Crippen LogP contribution in [0.1, 0.15) is 11.4 Å². The van der Waals surface area contributed by atoms with Crippen molar-refractivity contribution in [2.75, 3.05) is 4.72 Å². The van der Waals surface area contributed by atoms with Gasteiger partial charge in [0.1, 0.15) is 0 Å². The standard InChI is InChI=1S/C6H9N3O2S/c1-4-3-5(2)8-6(7-4)9-12(10)11/h3H,1-2H3,(H,10,11)(H,7,8,9)/p-1. The first-order valence-corrected chi connectivity index (χ1v) is 4.33. The number of hydrogen-bond donors (Lipinski definition) is 1. The number of rotatable bonds is 2. The molecule has 0 fully saturated rings. The maximum atomic E-state index is 10.2. The van der Waals surface area contributed by atoms with E-state index < -0.39 is 11.3 Å². The first-order chi connectivity index (χ1) is 5.58. The molecule has 12 heavy (non-hydrogen) atoms. The zero-order valence-corrected chi connectivity index (χ0v) is 7.51. The van der Waals surface area contributed by atoms with Crippen molar-refractivity contribution in [3.8, 4) is 0 Å². The van der Waals surface area contributed by atoms with Crippen LogP contribution in [0.15, 0.2) is 6.07 Å². The zero-order chi connectivity index (χ0) is 9.14. The molecule has 1 aromatic rings. The monoisotopic (exact) mass is 186 g/mol. The smallest absolute Gasteiger partial charge is 0.234 e. The van der Waals surface area contributed by atoms with Crippen molar-refractivity contribution in [3.05, 3.63) is 17.5 Å². The van der Waals surface area contributed by atoms with E-state index in [1.54, 1.807) is 19.9 Å². The quantitative estimate of drug-likeness (QED) is 0.674. The van der Waals surface area contributed by atoms with Gasteiger partial charge in [-0.25, -0.2) is 9.97 Å². The summed E-state index contributed by atoms with van der Waals surface area (Å²) in [6.07, 6.45) is 0.